The van der Waals surface area contributed by atoms with E-state index in [1.165, 1.54) is 5.56 Å². The predicted octanol–water partition coefficient (Wildman–Crippen LogP) is 0.549. The van der Waals surface area contributed by atoms with E-state index in [1.807, 2.05) is 25.1 Å². The molecule has 21 heavy (non-hydrogen) atoms. The van der Waals surface area contributed by atoms with E-state index in [-0.39, 0.29) is 6.54 Å². The lowest BCUT2D eigenvalue weighted by Gasteiger charge is -2.33. The van der Waals surface area contributed by atoms with Crippen LogP contribution >= 0.6 is 0 Å². The number of fused-ring (bicyclic) bond motifs is 1. The van der Waals surface area contributed by atoms with Gasteiger partial charge in [-0.25, -0.2) is 0 Å². The van der Waals surface area contributed by atoms with Gasteiger partial charge in [0, 0.05) is 19.5 Å². The number of rotatable bonds is 4. The molecule has 0 heterocycles. The lowest BCUT2D eigenvalue weighted by molar-refractivity contribution is -0.139. The maximum Gasteiger partial charge on any atom is 0.309 e. The van der Waals surface area contributed by atoms with Crippen LogP contribution in [0.1, 0.15) is 30.9 Å². The Morgan fingerprint density at radius 2 is 1.86 bits per heavy atom. The van der Waals surface area contributed by atoms with E-state index in [0.717, 1.165) is 18.4 Å². The zero-order chi connectivity index (χ0) is 15.3. The highest BCUT2D eigenvalue weighted by Crippen LogP contribution is 2.28. The fourth-order valence-corrected chi connectivity index (χ4v) is 2.58. The summed E-state index contributed by atoms with van der Waals surface area (Å²) in [6.07, 6.45) is 2.64. The highest BCUT2D eigenvalue weighted by molar-refractivity contribution is 6.35. The molecular weight excluding hydrogens is 268 g/mol. The molecule has 5 heteroatoms. The first kappa shape index (κ1) is 15.5. The molecule has 0 radical (unpaired) electrons. The molecule has 1 aromatic rings. The first-order valence-corrected chi connectivity index (χ1v) is 7.39. The van der Waals surface area contributed by atoms with Crippen molar-refractivity contribution in [2.45, 2.75) is 38.2 Å². The quantitative estimate of drug-likeness (QED) is 0.709. The van der Waals surface area contributed by atoms with E-state index in [9.17, 15) is 14.7 Å². The molecular formula is C16H22N2O3. The van der Waals surface area contributed by atoms with Crippen LogP contribution in [0.25, 0.3) is 0 Å². The van der Waals surface area contributed by atoms with Crippen molar-refractivity contribution in [3.05, 3.63) is 35.4 Å². The van der Waals surface area contributed by atoms with E-state index in [0.29, 0.717) is 19.4 Å². The van der Waals surface area contributed by atoms with Crippen LogP contribution in [0.15, 0.2) is 24.3 Å². The van der Waals surface area contributed by atoms with Gasteiger partial charge >= 0.3 is 11.8 Å². The van der Waals surface area contributed by atoms with Gasteiger partial charge in [-0.15, -0.1) is 0 Å². The van der Waals surface area contributed by atoms with Crippen LogP contribution in [0.3, 0.4) is 0 Å². The summed E-state index contributed by atoms with van der Waals surface area (Å²) in [6, 6.07) is 7.99. The zero-order valence-corrected chi connectivity index (χ0v) is 12.3. The average Bonchev–Trinajstić information content (AvgIpc) is 2.50. The number of benzene rings is 1. The molecule has 1 unspecified atom stereocenters. The largest absolute Gasteiger partial charge is 0.388 e. The maximum absolute atomic E-state index is 11.6. The van der Waals surface area contributed by atoms with Crippen molar-refractivity contribution in [2.75, 3.05) is 13.1 Å². The Balaban J connectivity index is 1.89. The molecule has 0 bridgehead atoms. The number of aliphatic hydroxyl groups is 1. The normalized spacial score (nSPS) is 20.5. The van der Waals surface area contributed by atoms with Gasteiger partial charge in [0.2, 0.25) is 0 Å². The molecule has 3 N–H and O–H groups in total. The van der Waals surface area contributed by atoms with E-state index in [2.05, 4.69) is 16.7 Å². The van der Waals surface area contributed by atoms with Gasteiger partial charge in [-0.1, -0.05) is 31.2 Å². The Kier molecular flexibility index (Phi) is 4.96. The van der Waals surface area contributed by atoms with Crippen molar-refractivity contribution < 1.29 is 14.7 Å². The number of carbonyl (C=O) groups excluding carboxylic acids is 2. The lowest BCUT2D eigenvalue weighted by Crippen LogP contribution is -2.50. The second-order valence-electron chi connectivity index (χ2n) is 5.61. The van der Waals surface area contributed by atoms with Gasteiger partial charge in [0.1, 0.15) is 0 Å². The van der Waals surface area contributed by atoms with Crippen LogP contribution in [0.5, 0.6) is 0 Å². The minimum atomic E-state index is -0.977. The van der Waals surface area contributed by atoms with Gasteiger partial charge in [0.15, 0.2) is 0 Å². The summed E-state index contributed by atoms with van der Waals surface area (Å²) in [4.78, 5) is 23.1. The molecule has 114 valence electrons. The highest BCUT2D eigenvalue weighted by atomic mass is 16.3. The van der Waals surface area contributed by atoms with Crippen LogP contribution in [-0.4, -0.2) is 35.6 Å². The second kappa shape index (κ2) is 6.72. The number of nitrogens with one attached hydrogen (secondary N) is 2. The van der Waals surface area contributed by atoms with Gasteiger partial charge in [0.25, 0.3) is 0 Å². The Morgan fingerprint density at radius 3 is 2.57 bits per heavy atom. The second-order valence-corrected chi connectivity index (χ2v) is 5.61. The number of hydrogen-bond acceptors (Lipinski definition) is 3. The summed E-state index contributed by atoms with van der Waals surface area (Å²) in [5.74, 6) is -1.33. The van der Waals surface area contributed by atoms with Gasteiger partial charge in [0.05, 0.1) is 5.60 Å². The Labute approximate surface area is 124 Å². The molecule has 2 amide bonds. The Morgan fingerprint density at radius 1 is 1.19 bits per heavy atom. The van der Waals surface area contributed by atoms with Crippen molar-refractivity contribution in [3.8, 4) is 0 Å². The van der Waals surface area contributed by atoms with Gasteiger partial charge in [-0.2, -0.15) is 0 Å². The summed E-state index contributed by atoms with van der Waals surface area (Å²) >= 11 is 0. The molecule has 1 aliphatic carbocycles. The molecule has 0 aromatic heterocycles. The predicted molar refractivity (Wildman–Crippen MR) is 79.7 cm³/mol. The SMILES string of the molecule is CCCNC(=O)C(=O)NCC1(O)CCc2ccccc2C1. The summed E-state index contributed by atoms with van der Waals surface area (Å²) in [7, 11) is 0. The summed E-state index contributed by atoms with van der Waals surface area (Å²) in [5.41, 5.74) is 1.37. The monoisotopic (exact) mass is 290 g/mol. The summed E-state index contributed by atoms with van der Waals surface area (Å²) in [6.45, 7) is 2.49. The van der Waals surface area contributed by atoms with Crippen molar-refractivity contribution in [1.82, 2.24) is 10.6 Å². The minimum absolute atomic E-state index is 0.0969. The van der Waals surface area contributed by atoms with Crippen LogP contribution in [0, 0.1) is 0 Å². The summed E-state index contributed by atoms with van der Waals surface area (Å²) < 4.78 is 0. The van der Waals surface area contributed by atoms with Crippen LogP contribution in [0.2, 0.25) is 0 Å². The highest BCUT2D eigenvalue weighted by Gasteiger charge is 2.32. The molecule has 1 aliphatic rings. The molecule has 5 nitrogen and oxygen atoms in total. The van der Waals surface area contributed by atoms with Crippen LogP contribution in [0.4, 0.5) is 0 Å². The van der Waals surface area contributed by atoms with Crippen molar-refractivity contribution in [1.29, 1.82) is 0 Å². The number of hydrogen-bond donors (Lipinski definition) is 3. The smallest absolute Gasteiger partial charge is 0.309 e. The maximum atomic E-state index is 11.6. The standard InChI is InChI=1S/C16H22N2O3/c1-2-9-17-14(19)15(20)18-11-16(21)8-7-12-5-3-4-6-13(12)10-16/h3-6,21H,2,7-11H2,1H3,(H,17,19)(H,18,20). The van der Waals surface area contributed by atoms with Crippen molar-refractivity contribution in [2.24, 2.45) is 0 Å². The average molecular weight is 290 g/mol. The molecule has 0 spiro atoms. The molecule has 2 rings (SSSR count). The Bertz CT molecular complexity index is 530. The van der Waals surface area contributed by atoms with E-state index in [4.69, 9.17) is 0 Å². The van der Waals surface area contributed by atoms with Gasteiger partial charge in [-0.05, 0) is 30.4 Å². The molecule has 1 atom stereocenters. The van der Waals surface area contributed by atoms with Crippen LogP contribution in [-0.2, 0) is 22.4 Å². The molecule has 1 aromatic carbocycles. The third-order valence-corrected chi connectivity index (χ3v) is 3.82. The molecule has 0 saturated heterocycles. The van der Waals surface area contributed by atoms with Gasteiger partial charge < -0.3 is 15.7 Å². The fraction of sp³-hybridized carbons (Fsp3) is 0.500. The molecule has 0 aliphatic heterocycles. The van der Waals surface area contributed by atoms with E-state index < -0.39 is 17.4 Å². The number of aryl methyl sites for hydroxylation is 1. The molecule has 0 fully saturated rings. The van der Waals surface area contributed by atoms with Crippen LogP contribution < -0.4 is 10.6 Å². The van der Waals surface area contributed by atoms with E-state index >= 15 is 0 Å². The summed E-state index contributed by atoms with van der Waals surface area (Å²) in [5, 5.41) is 15.6. The zero-order valence-electron chi connectivity index (χ0n) is 12.3. The van der Waals surface area contributed by atoms with E-state index in [1.54, 1.807) is 0 Å². The first-order valence-electron chi connectivity index (χ1n) is 7.39. The third kappa shape index (κ3) is 4.04. The van der Waals surface area contributed by atoms with Crippen molar-refractivity contribution in [3.63, 3.8) is 0 Å². The Hall–Kier alpha value is -1.88. The topological polar surface area (TPSA) is 78.4 Å². The van der Waals surface area contributed by atoms with Gasteiger partial charge in [-0.3, -0.25) is 9.59 Å². The number of carbonyl (C=O) groups is 2. The fourth-order valence-electron chi connectivity index (χ4n) is 2.58. The van der Waals surface area contributed by atoms with Crippen molar-refractivity contribution >= 4 is 11.8 Å². The third-order valence-electron chi connectivity index (χ3n) is 3.82. The number of amides is 2. The minimum Gasteiger partial charge on any atom is -0.388 e. The first-order chi connectivity index (χ1) is 10.0. The molecule has 0 saturated carbocycles. The lowest BCUT2D eigenvalue weighted by atomic mass is 9.80.